The van der Waals surface area contributed by atoms with E-state index in [0.29, 0.717) is 11.6 Å². The number of rotatable bonds is 6. The molecule has 0 aromatic heterocycles. The Hall–Kier alpha value is -1.06. The first-order valence-corrected chi connectivity index (χ1v) is 7.73. The molecule has 21 heavy (non-hydrogen) atoms. The van der Waals surface area contributed by atoms with Crippen LogP contribution in [0.25, 0.3) is 0 Å². The van der Waals surface area contributed by atoms with E-state index in [1.165, 1.54) is 0 Å². The lowest BCUT2D eigenvalue weighted by atomic mass is 10.0. The number of halogens is 2. The van der Waals surface area contributed by atoms with Gasteiger partial charge < -0.3 is 10.5 Å². The maximum absolute atomic E-state index is 6.20. The highest BCUT2D eigenvalue weighted by molar-refractivity contribution is 6.30. The fourth-order valence-corrected chi connectivity index (χ4v) is 2.35. The van der Waals surface area contributed by atoms with Crippen molar-refractivity contribution >= 4 is 23.2 Å². The van der Waals surface area contributed by atoms with Crippen LogP contribution in [0.4, 0.5) is 0 Å². The molecule has 0 aliphatic carbocycles. The first kappa shape index (κ1) is 16.3. The van der Waals surface area contributed by atoms with Gasteiger partial charge in [0.2, 0.25) is 0 Å². The molecule has 2 aromatic rings. The Balaban J connectivity index is 2.09. The lowest BCUT2D eigenvalue weighted by molar-refractivity contribution is 0.0213. The van der Waals surface area contributed by atoms with Crippen LogP contribution in [0.3, 0.4) is 0 Å². The average Bonchev–Trinajstić information content (AvgIpc) is 2.50. The summed E-state index contributed by atoms with van der Waals surface area (Å²) in [7, 11) is 0. The van der Waals surface area contributed by atoms with Gasteiger partial charge in [0.1, 0.15) is 0 Å². The zero-order valence-corrected chi connectivity index (χ0v) is 13.4. The van der Waals surface area contributed by atoms with Crippen molar-refractivity contribution in [3.05, 3.63) is 69.7 Å². The van der Waals surface area contributed by atoms with Gasteiger partial charge in [0.05, 0.1) is 12.7 Å². The van der Waals surface area contributed by atoms with Gasteiger partial charge >= 0.3 is 0 Å². The summed E-state index contributed by atoms with van der Waals surface area (Å²) in [5.74, 6) is 0. The third kappa shape index (κ3) is 4.72. The molecule has 2 N–H and O–H groups in total. The van der Waals surface area contributed by atoms with Crippen LogP contribution in [0, 0.1) is 0 Å². The van der Waals surface area contributed by atoms with Gasteiger partial charge in [-0.2, -0.15) is 0 Å². The van der Waals surface area contributed by atoms with Crippen molar-refractivity contribution in [2.75, 3.05) is 0 Å². The molecular weight excluding hydrogens is 305 g/mol. The van der Waals surface area contributed by atoms with Crippen LogP contribution in [0.5, 0.6) is 0 Å². The van der Waals surface area contributed by atoms with E-state index >= 15 is 0 Å². The van der Waals surface area contributed by atoms with E-state index in [0.717, 1.165) is 22.6 Å². The third-order valence-electron chi connectivity index (χ3n) is 3.40. The fraction of sp³-hybridized carbons (Fsp3) is 0.294. The van der Waals surface area contributed by atoms with Crippen LogP contribution in [0.15, 0.2) is 48.5 Å². The second-order valence-electron chi connectivity index (χ2n) is 4.98. The maximum atomic E-state index is 6.20. The normalized spacial score (nSPS) is 13.9. The molecule has 112 valence electrons. The highest BCUT2D eigenvalue weighted by Crippen LogP contribution is 2.25. The van der Waals surface area contributed by atoms with Crippen LogP contribution < -0.4 is 5.73 Å². The monoisotopic (exact) mass is 323 g/mol. The quantitative estimate of drug-likeness (QED) is 0.812. The standard InChI is InChI=1S/C17H19Cl2NO/c1-2-16(20)17(13-5-9-15(19)10-6-13)21-11-12-3-7-14(18)8-4-12/h3-10,16-17H,2,11,20H2,1H3. The van der Waals surface area contributed by atoms with Crippen LogP contribution in [0.1, 0.15) is 30.6 Å². The second-order valence-corrected chi connectivity index (χ2v) is 5.85. The summed E-state index contributed by atoms with van der Waals surface area (Å²) in [6, 6.07) is 15.2. The highest BCUT2D eigenvalue weighted by Gasteiger charge is 2.19. The first-order chi connectivity index (χ1) is 10.1. The molecule has 2 unspecified atom stereocenters. The Labute approximate surface area is 135 Å². The first-order valence-electron chi connectivity index (χ1n) is 6.97. The van der Waals surface area contributed by atoms with Crippen molar-refractivity contribution in [2.45, 2.75) is 32.1 Å². The molecule has 2 rings (SSSR count). The molecule has 0 radical (unpaired) electrons. The van der Waals surface area contributed by atoms with Gasteiger partial charge in [-0.25, -0.2) is 0 Å². The van der Waals surface area contributed by atoms with E-state index in [1.54, 1.807) is 0 Å². The molecule has 2 aromatic carbocycles. The maximum Gasteiger partial charge on any atom is 0.0980 e. The number of hydrogen-bond acceptors (Lipinski definition) is 2. The molecule has 0 saturated carbocycles. The van der Waals surface area contributed by atoms with Crippen molar-refractivity contribution in [1.29, 1.82) is 0 Å². The molecule has 0 fully saturated rings. The summed E-state index contributed by atoms with van der Waals surface area (Å²) in [6.07, 6.45) is 0.691. The molecule has 2 atom stereocenters. The Morgan fingerprint density at radius 1 is 0.952 bits per heavy atom. The fourth-order valence-electron chi connectivity index (χ4n) is 2.10. The van der Waals surface area contributed by atoms with Crippen LogP contribution in [-0.4, -0.2) is 6.04 Å². The van der Waals surface area contributed by atoms with Gasteiger partial charge in [-0.15, -0.1) is 0 Å². The highest BCUT2D eigenvalue weighted by atomic mass is 35.5. The lowest BCUT2D eigenvalue weighted by Gasteiger charge is -2.24. The minimum atomic E-state index is -0.150. The van der Waals surface area contributed by atoms with Gasteiger partial charge in [-0.1, -0.05) is 54.4 Å². The van der Waals surface area contributed by atoms with Crippen LogP contribution in [0.2, 0.25) is 10.0 Å². The summed E-state index contributed by atoms with van der Waals surface area (Å²) in [4.78, 5) is 0. The topological polar surface area (TPSA) is 35.2 Å². The van der Waals surface area contributed by atoms with Crippen LogP contribution >= 0.6 is 23.2 Å². The molecule has 0 spiro atoms. The van der Waals surface area contributed by atoms with E-state index in [2.05, 4.69) is 6.92 Å². The molecule has 0 aliphatic heterocycles. The summed E-state index contributed by atoms with van der Waals surface area (Å²) < 4.78 is 6.04. The molecular formula is C17H19Cl2NO. The van der Waals surface area contributed by atoms with Crippen LogP contribution in [-0.2, 0) is 11.3 Å². The number of ether oxygens (including phenoxy) is 1. The zero-order chi connectivity index (χ0) is 15.2. The average molecular weight is 324 g/mol. The Morgan fingerprint density at radius 2 is 1.48 bits per heavy atom. The molecule has 0 amide bonds. The SMILES string of the molecule is CCC(N)C(OCc1ccc(Cl)cc1)c1ccc(Cl)cc1. The molecule has 4 heteroatoms. The lowest BCUT2D eigenvalue weighted by Crippen LogP contribution is -2.29. The van der Waals surface area contributed by atoms with Gasteiger partial charge in [0, 0.05) is 16.1 Å². The Bertz CT molecular complexity index is 554. The van der Waals surface area contributed by atoms with E-state index in [9.17, 15) is 0 Å². The van der Waals surface area contributed by atoms with Gasteiger partial charge in [-0.05, 0) is 41.8 Å². The largest absolute Gasteiger partial charge is 0.367 e. The van der Waals surface area contributed by atoms with Gasteiger partial charge in [-0.3, -0.25) is 0 Å². The predicted molar refractivity (Wildman–Crippen MR) is 88.7 cm³/mol. The molecule has 0 bridgehead atoms. The molecule has 0 heterocycles. The molecule has 2 nitrogen and oxygen atoms in total. The van der Waals surface area contributed by atoms with E-state index in [1.807, 2.05) is 48.5 Å². The number of benzene rings is 2. The smallest absolute Gasteiger partial charge is 0.0980 e. The van der Waals surface area contributed by atoms with E-state index < -0.39 is 0 Å². The molecule has 0 saturated heterocycles. The summed E-state index contributed by atoms with van der Waals surface area (Å²) >= 11 is 11.8. The number of hydrogen-bond donors (Lipinski definition) is 1. The second kappa shape index (κ2) is 7.81. The summed E-state index contributed by atoms with van der Waals surface area (Å²) in [5, 5.41) is 1.43. The van der Waals surface area contributed by atoms with Gasteiger partial charge in [0.15, 0.2) is 0 Å². The third-order valence-corrected chi connectivity index (χ3v) is 3.91. The van der Waals surface area contributed by atoms with Crippen molar-refractivity contribution < 1.29 is 4.74 Å². The minimum absolute atomic E-state index is 0.0570. The predicted octanol–water partition coefficient (Wildman–Crippen LogP) is 4.99. The van der Waals surface area contributed by atoms with Crippen molar-refractivity contribution in [2.24, 2.45) is 5.73 Å². The Morgan fingerprint density at radius 3 is 2.00 bits per heavy atom. The van der Waals surface area contributed by atoms with E-state index in [4.69, 9.17) is 33.7 Å². The summed E-state index contributed by atoms with van der Waals surface area (Å²) in [5.41, 5.74) is 8.31. The van der Waals surface area contributed by atoms with Crippen molar-refractivity contribution in [3.63, 3.8) is 0 Å². The van der Waals surface area contributed by atoms with Crippen molar-refractivity contribution in [3.8, 4) is 0 Å². The zero-order valence-electron chi connectivity index (χ0n) is 11.9. The summed E-state index contributed by atoms with van der Waals surface area (Å²) in [6.45, 7) is 2.55. The number of nitrogens with two attached hydrogens (primary N) is 1. The minimum Gasteiger partial charge on any atom is -0.367 e. The van der Waals surface area contributed by atoms with Crippen molar-refractivity contribution in [1.82, 2.24) is 0 Å². The van der Waals surface area contributed by atoms with E-state index in [-0.39, 0.29) is 12.1 Å². The van der Waals surface area contributed by atoms with Gasteiger partial charge in [0.25, 0.3) is 0 Å². The Kier molecular flexibility index (Phi) is 6.07. The molecule has 0 aliphatic rings.